The molecular formula is C71H116O12. The van der Waals surface area contributed by atoms with E-state index in [1.807, 2.05) is 12.2 Å². The maximum absolute atomic E-state index is 13.2. The summed E-state index contributed by atoms with van der Waals surface area (Å²) in [5, 5.41) is 31.6. The van der Waals surface area contributed by atoms with Crippen molar-refractivity contribution < 1.29 is 58.2 Å². The van der Waals surface area contributed by atoms with Crippen molar-refractivity contribution in [2.24, 2.45) is 0 Å². The van der Waals surface area contributed by atoms with Gasteiger partial charge in [-0.15, -0.1) is 0 Å². The molecule has 6 unspecified atom stereocenters. The Bertz CT molecular complexity index is 1860. The van der Waals surface area contributed by atoms with Crippen LogP contribution < -0.4 is 0 Å². The lowest BCUT2D eigenvalue weighted by atomic mass is 9.98. The Kier molecular flexibility index (Phi) is 53.2. The highest BCUT2D eigenvalue weighted by molar-refractivity contribution is 5.74. The summed E-state index contributed by atoms with van der Waals surface area (Å²) in [7, 11) is 0. The number of esters is 3. The number of allylic oxidation sites excluding steroid dienone is 18. The third-order valence-corrected chi connectivity index (χ3v) is 14.3. The van der Waals surface area contributed by atoms with Gasteiger partial charge in [-0.25, -0.2) is 4.79 Å². The van der Waals surface area contributed by atoms with E-state index in [0.29, 0.717) is 25.7 Å². The molecule has 0 aromatic rings. The summed E-state index contributed by atoms with van der Waals surface area (Å²) >= 11 is 0. The number of aliphatic hydroxyl groups excluding tert-OH is 2. The van der Waals surface area contributed by atoms with E-state index in [0.717, 1.165) is 116 Å². The molecule has 83 heavy (non-hydrogen) atoms. The largest absolute Gasteiger partial charge is 0.479 e. The SMILES string of the molecule is CC/C=C\C/C=C\C/C=C\C/C=C\C/C=C\CCCC(=O)OC1C(OCC(COC(=O)CCCCCCCC/C=C\C/C=C\C/C=C\CCCCC)OC(=O)CCCCCCCCC/C=C\CCCCCCCC)OC(C(=O)O)C(O)C1O. The number of hydrogen-bond donors (Lipinski definition) is 3. The van der Waals surface area contributed by atoms with Crippen molar-refractivity contribution in [2.45, 2.75) is 302 Å². The first-order valence-electron chi connectivity index (χ1n) is 32.9. The second kappa shape index (κ2) is 57.8. The Morgan fingerprint density at radius 3 is 1.23 bits per heavy atom. The minimum Gasteiger partial charge on any atom is -0.479 e. The molecule has 472 valence electrons. The number of rotatable bonds is 55. The number of aliphatic hydroxyl groups is 2. The first-order valence-corrected chi connectivity index (χ1v) is 32.9. The van der Waals surface area contributed by atoms with Gasteiger partial charge in [0.15, 0.2) is 24.6 Å². The van der Waals surface area contributed by atoms with Crippen LogP contribution in [0, 0.1) is 0 Å². The maximum atomic E-state index is 13.2. The number of carboxylic acids is 1. The first kappa shape index (κ1) is 76.4. The van der Waals surface area contributed by atoms with Crippen molar-refractivity contribution in [3.05, 3.63) is 109 Å². The van der Waals surface area contributed by atoms with Crippen LogP contribution in [0.2, 0.25) is 0 Å². The fraction of sp³-hybridized carbons (Fsp3) is 0.690. The van der Waals surface area contributed by atoms with Crippen LogP contribution >= 0.6 is 0 Å². The molecule has 1 aliphatic heterocycles. The molecule has 1 fully saturated rings. The van der Waals surface area contributed by atoms with Crippen molar-refractivity contribution in [1.29, 1.82) is 0 Å². The minimum atomic E-state index is -1.93. The van der Waals surface area contributed by atoms with Crippen LogP contribution in [0.4, 0.5) is 0 Å². The average Bonchev–Trinajstić information content (AvgIpc) is 3.55. The molecule has 12 heteroatoms. The van der Waals surface area contributed by atoms with Crippen LogP contribution in [0.3, 0.4) is 0 Å². The molecule has 0 spiro atoms. The second-order valence-corrected chi connectivity index (χ2v) is 22.0. The number of aliphatic carboxylic acids is 1. The summed E-state index contributed by atoms with van der Waals surface area (Å²) in [5.74, 6) is -3.22. The van der Waals surface area contributed by atoms with Gasteiger partial charge in [-0.2, -0.15) is 0 Å². The van der Waals surface area contributed by atoms with Gasteiger partial charge >= 0.3 is 23.9 Å². The smallest absolute Gasteiger partial charge is 0.335 e. The molecule has 1 rings (SSSR count). The summed E-state index contributed by atoms with van der Waals surface area (Å²) in [6.45, 7) is 5.83. The van der Waals surface area contributed by atoms with Gasteiger partial charge in [-0.1, -0.05) is 233 Å². The van der Waals surface area contributed by atoms with E-state index in [1.165, 1.54) is 83.5 Å². The summed E-state index contributed by atoms with van der Waals surface area (Å²) in [6.07, 6.45) is 66.2. The van der Waals surface area contributed by atoms with Crippen molar-refractivity contribution in [3.8, 4) is 0 Å². The molecule has 0 aliphatic carbocycles. The lowest BCUT2D eigenvalue weighted by molar-refractivity contribution is -0.301. The molecule has 12 nitrogen and oxygen atoms in total. The number of hydrogen-bond acceptors (Lipinski definition) is 11. The summed E-state index contributed by atoms with van der Waals surface area (Å²) < 4.78 is 28.5. The van der Waals surface area contributed by atoms with Crippen LogP contribution in [0.1, 0.15) is 265 Å². The Labute approximate surface area is 504 Å². The first-order chi connectivity index (χ1) is 40.6. The van der Waals surface area contributed by atoms with Crippen molar-refractivity contribution >= 4 is 23.9 Å². The van der Waals surface area contributed by atoms with Gasteiger partial charge in [-0.05, 0) is 122 Å². The quantitative estimate of drug-likeness (QED) is 0.0228. The van der Waals surface area contributed by atoms with E-state index in [4.69, 9.17) is 23.7 Å². The number of carboxylic acid groups (broad SMARTS) is 1. The predicted octanol–water partition coefficient (Wildman–Crippen LogP) is 17.8. The van der Waals surface area contributed by atoms with Crippen molar-refractivity contribution in [3.63, 3.8) is 0 Å². The topological polar surface area (TPSA) is 175 Å². The maximum Gasteiger partial charge on any atom is 0.335 e. The molecule has 6 atom stereocenters. The zero-order valence-corrected chi connectivity index (χ0v) is 52.2. The Morgan fingerprint density at radius 2 is 0.771 bits per heavy atom. The molecule has 0 amide bonds. The molecule has 1 aliphatic rings. The molecule has 1 saturated heterocycles. The van der Waals surface area contributed by atoms with E-state index in [9.17, 15) is 34.5 Å². The fourth-order valence-corrected chi connectivity index (χ4v) is 9.29. The van der Waals surface area contributed by atoms with Gasteiger partial charge in [0.1, 0.15) is 18.8 Å². The molecular weight excluding hydrogens is 1040 g/mol. The molecule has 0 radical (unpaired) electrons. The zero-order valence-electron chi connectivity index (χ0n) is 52.2. The van der Waals surface area contributed by atoms with E-state index in [1.54, 1.807) is 0 Å². The standard InChI is InChI=1S/C71H116O12/c1-4-7-10-13-16-19-22-25-28-31-32-35-36-39-42-45-48-51-54-57-63(72)79-60-62(81-64(73)58-55-52-49-46-43-40-37-33-29-26-23-20-17-14-11-8-5-2)61-80-71-69(67(76)66(75)68(83-71)70(77)78)82-65(74)59-56-53-50-47-44-41-38-34-30-27-24-21-18-15-12-9-6-3/h9,12,16,18-19,21,25-30,32,35,38,41,47,50,62,66-69,71,75-76H,4-8,10-11,13-15,17,20,22-24,31,33-34,36-37,39-40,42-46,48-49,51-61H2,1-3H3,(H,77,78)/b12-9-,19-16-,21-18-,28-25-,29-26-,30-27-,35-32-,41-38-,50-47-. The Hall–Kier alpha value is -4.62. The molecule has 3 N–H and O–H groups in total. The van der Waals surface area contributed by atoms with Crippen molar-refractivity contribution in [2.75, 3.05) is 13.2 Å². The summed E-state index contributed by atoms with van der Waals surface area (Å²) in [6, 6.07) is 0. The molecule has 1 heterocycles. The third-order valence-electron chi connectivity index (χ3n) is 14.3. The monoisotopic (exact) mass is 1160 g/mol. The predicted molar refractivity (Wildman–Crippen MR) is 340 cm³/mol. The molecule has 0 aromatic heterocycles. The Morgan fingerprint density at radius 1 is 0.410 bits per heavy atom. The highest BCUT2D eigenvalue weighted by Gasteiger charge is 2.50. The molecule has 0 aromatic carbocycles. The molecule has 0 bridgehead atoms. The van der Waals surface area contributed by atoms with Gasteiger partial charge < -0.3 is 39.0 Å². The Balaban J connectivity index is 2.71. The van der Waals surface area contributed by atoms with Gasteiger partial charge in [0.05, 0.1) is 6.61 Å². The number of carbonyl (C=O) groups is 4. The van der Waals surface area contributed by atoms with Crippen molar-refractivity contribution in [1.82, 2.24) is 0 Å². The van der Waals surface area contributed by atoms with Gasteiger partial charge in [0.2, 0.25) is 0 Å². The highest BCUT2D eigenvalue weighted by Crippen LogP contribution is 2.26. The zero-order chi connectivity index (χ0) is 60.3. The lowest BCUT2D eigenvalue weighted by Gasteiger charge is -2.40. The summed E-state index contributed by atoms with van der Waals surface area (Å²) in [5.41, 5.74) is 0. The lowest BCUT2D eigenvalue weighted by Crippen LogP contribution is -2.61. The highest BCUT2D eigenvalue weighted by atomic mass is 16.7. The number of carbonyl (C=O) groups excluding carboxylic acids is 3. The van der Waals surface area contributed by atoms with E-state index in [-0.39, 0.29) is 25.9 Å². The third kappa shape index (κ3) is 47.3. The van der Waals surface area contributed by atoms with E-state index < -0.39 is 67.3 Å². The second-order valence-electron chi connectivity index (χ2n) is 22.0. The minimum absolute atomic E-state index is 0.0241. The molecule has 0 saturated carbocycles. The number of unbranched alkanes of at least 4 members (excludes halogenated alkanes) is 23. The number of ether oxygens (including phenoxy) is 5. The van der Waals surface area contributed by atoms with E-state index in [2.05, 4.69) is 118 Å². The van der Waals surface area contributed by atoms with Crippen LogP contribution in [0.15, 0.2) is 109 Å². The fourth-order valence-electron chi connectivity index (χ4n) is 9.29. The van der Waals surface area contributed by atoms with Crippen LogP contribution in [0.5, 0.6) is 0 Å². The van der Waals surface area contributed by atoms with Gasteiger partial charge in [0, 0.05) is 19.3 Å². The van der Waals surface area contributed by atoms with Crippen LogP contribution in [0.25, 0.3) is 0 Å². The normalized spacial score (nSPS) is 18.3. The van der Waals surface area contributed by atoms with E-state index >= 15 is 0 Å². The van der Waals surface area contributed by atoms with Crippen LogP contribution in [-0.4, -0.2) is 89.2 Å². The van der Waals surface area contributed by atoms with Gasteiger partial charge in [0.25, 0.3) is 0 Å². The van der Waals surface area contributed by atoms with Crippen LogP contribution in [-0.2, 0) is 42.9 Å². The van der Waals surface area contributed by atoms with Gasteiger partial charge in [-0.3, -0.25) is 14.4 Å². The average molecular weight is 1160 g/mol. The summed E-state index contributed by atoms with van der Waals surface area (Å²) in [4.78, 5) is 51.3.